The van der Waals surface area contributed by atoms with Crippen molar-refractivity contribution >= 4 is 17.6 Å². The molecule has 2 atom stereocenters. The smallest absolute Gasteiger partial charge is 0.225 e. The summed E-state index contributed by atoms with van der Waals surface area (Å²) in [4.78, 5) is 16.6. The van der Waals surface area contributed by atoms with E-state index < -0.39 is 0 Å². The van der Waals surface area contributed by atoms with Gasteiger partial charge in [-0.2, -0.15) is 15.3 Å². The van der Waals surface area contributed by atoms with E-state index in [2.05, 4.69) is 36.8 Å². The van der Waals surface area contributed by atoms with Crippen molar-refractivity contribution in [2.45, 2.75) is 70.5 Å². The third-order valence-corrected chi connectivity index (χ3v) is 6.84. The quantitative estimate of drug-likeness (QED) is 0.480. The van der Waals surface area contributed by atoms with Crippen LogP contribution in [0.5, 0.6) is 0 Å². The first-order chi connectivity index (χ1) is 16.6. The van der Waals surface area contributed by atoms with Crippen LogP contribution in [0.15, 0.2) is 30.5 Å². The van der Waals surface area contributed by atoms with Crippen LogP contribution in [0.25, 0.3) is 11.3 Å². The molecule has 0 aliphatic carbocycles. The summed E-state index contributed by atoms with van der Waals surface area (Å²) in [7, 11) is 0. The summed E-state index contributed by atoms with van der Waals surface area (Å²) in [6.07, 6.45) is 8.20. The van der Waals surface area contributed by atoms with Crippen LogP contribution < -0.4 is 10.6 Å². The molecule has 3 aromatic rings. The van der Waals surface area contributed by atoms with E-state index >= 15 is 0 Å². The molecular weight excluding hydrogens is 426 g/mol. The summed E-state index contributed by atoms with van der Waals surface area (Å²) in [5, 5.41) is 23.2. The molecule has 0 radical (unpaired) electrons. The molecule has 0 aromatic carbocycles. The van der Waals surface area contributed by atoms with Crippen molar-refractivity contribution in [3.63, 3.8) is 0 Å². The third-order valence-electron chi connectivity index (χ3n) is 6.84. The largest absolute Gasteiger partial charge is 0.351 e. The van der Waals surface area contributed by atoms with Crippen molar-refractivity contribution in [1.29, 1.82) is 5.26 Å². The molecule has 0 spiro atoms. The maximum absolute atomic E-state index is 9.05. The van der Waals surface area contributed by atoms with E-state index in [1.807, 2.05) is 44.3 Å². The van der Waals surface area contributed by atoms with Crippen molar-refractivity contribution in [3.8, 4) is 17.3 Å². The molecule has 0 saturated carbocycles. The van der Waals surface area contributed by atoms with Gasteiger partial charge in [0.15, 0.2) is 5.82 Å². The van der Waals surface area contributed by atoms with Gasteiger partial charge in [0.1, 0.15) is 5.82 Å². The number of aromatic amines is 1. The number of hydrogen-bond donors (Lipinski definition) is 3. The molecule has 3 aromatic heterocycles. The van der Waals surface area contributed by atoms with E-state index in [-0.39, 0.29) is 0 Å². The van der Waals surface area contributed by atoms with Crippen LogP contribution in [-0.2, 0) is 0 Å². The van der Waals surface area contributed by atoms with Crippen LogP contribution in [-0.4, -0.2) is 54.7 Å². The SMILES string of the molecule is Cc1ccc(-c2cc(Nc3cc(C)[nH]n3)nc(NC3CC4CCCC(C3)N4CCC#N)n2)cn1. The fourth-order valence-corrected chi connectivity index (χ4v) is 5.28. The highest BCUT2D eigenvalue weighted by Crippen LogP contribution is 2.35. The summed E-state index contributed by atoms with van der Waals surface area (Å²) >= 11 is 0. The zero-order valence-electron chi connectivity index (χ0n) is 19.8. The van der Waals surface area contributed by atoms with Crippen molar-refractivity contribution in [1.82, 2.24) is 30.0 Å². The Kier molecular flexibility index (Phi) is 6.41. The highest BCUT2D eigenvalue weighted by Gasteiger charge is 2.38. The lowest BCUT2D eigenvalue weighted by Crippen LogP contribution is -2.55. The summed E-state index contributed by atoms with van der Waals surface area (Å²) in [6.45, 7) is 4.82. The van der Waals surface area contributed by atoms with Gasteiger partial charge in [0.25, 0.3) is 0 Å². The predicted octanol–water partition coefficient (Wildman–Crippen LogP) is 4.33. The average molecular weight is 458 g/mol. The summed E-state index contributed by atoms with van der Waals surface area (Å²) in [6, 6.07) is 11.6. The number of anilines is 3. The fraction of sp³-hybridized carbons (Fsp3) is 0.480. The lowest BCUT2D eigenvalue weighted by Gasteiger charge is -2.48. The molecule has 2 saturated heterocycles. The summed E-state index contributed by atoms with van der Waals surface area (Å²) in [5.74, 6) is 2.02. The number of nitrogens with one attached hydrogen (secondary N) is 3. The molecule has 176 valence electrons. The van der Waals surface area contributed by atoms with Gasteiger partial charge in [-0.1, -0.05) is 6.42 Å². The molecule has 5 rings (SSSR count). The van der Waals surface area contributed by atoms with Gasteiger partial charge in [0.2, 0.25) is 5.95 Å². The molecule has 2 fully saturated rings. The Balaban J connectivity index is 1.39. The first-order valence-corrected chi connectivity index (χ1v) is 12.1. The lowest BCUT2D eigenvalue weighted by atomic mass is 9.81. The minimum atomic E-state index is 0.306. The molecule has 5 heterocycles. The second-order valence-corrected chi connectivity index (χ2v) is 9.41. The highest BCUT2D eigenvalue weighted by molar-refractivity contribution is 5.66. The van der Waals surface area contributed by atoms with Gasteiger partial charge in [-0.25, -0.2) is 4.98 Å². The van der Waals surface area contributed by atoms with Crippen molar-refractivity contribution in [3.05, 3.63) is 41.9 Å². The molecule has 9 heteroatoms. The Morgan fingerprint density at radius 3 is 2.62 bits per heavy atom. The summed E-state index contributed by atoms with van der Waals surface area (Å²) < 4.78 is 0. The Morgan fingerprint density at radius 2 is 1.94 bits per heavy atom. The monoisotopic (exact) mass is 457 g/mol. The second-order valence-electron chi connectivity index (χ2n) is 9.41. The van der Waals surface area contributed by atoms with Crippen molar-refractivity contribution in [2.24, 2.45) is 0 Å². The number of fused-ring (bicyclic) bond motifs is 2. The molecule has 0 amide bonds. The van der Waals surface area contributed by atoms with Crippen LogP contribution in [0, 0.1) is 25.2 Å². The predicted molar refractivity (Wildman–Crippen MR) is 132 cm³/mol. The molecular formula is C25H31N9. The number of nitriles is 1. The maximum atomic E-state index is 9.05. The Bertz CT molecular complexity index is 1150. The van der Waals surface area contributed by atoms with Crippen molar-refractivity contribution < 1.29 is 0 Å². The molecule has 2 aliphatic heterocycles. The van der Waals surface area contributed by atoms with E-state index in [1.54, 1.807) is 0 Å². The number of aryl methyl sites for hydroxylation is 2. The first kappa shape index (κ1) is 22.3. The molecule has 2 bridgehead atoms. The van der Waals surface area contributed by atoms with Gasteiger partial charge >= 0.3 is 0 Å². The molecule has 2 unspecified atom stereocenters. The van der Waals surface area contributed by atoms with Crippen LogP contribution >= 0.6 is 0 Å². The zero-order chi connectivity index (χ0) is 23.5. The van der Waals surface area contributed by atoms with E-state index in [9.17, 15) is 0 Å². The lowest BCUT2D eigenvalue weighted by molar-refractivity contribution is 0.0369. The number of nitrogens with zero attached hydrogens (tertiary/aromatic N) is 6. The molecule has 9 nitrogen and oxygen atoms in total. The minimum absolute atomic E-state index is 0.306. The zero-order valence-corrected chi connectivity index (χ0v) is 19.8. The number of aromatic nitrogens is 5. The molecule has 34 heavy (non-hydrogen) atoms. The van der Waals surface area contributed by atoms with Crippen LogP contribution in [0.3, 0.4) is 0 Å². The number of pyridine rings is 1. The standard InChI is InChI=1S/C25H31N9/c1-16-7-8-18(15-27-16)22-14-23(30-24-11-17(2)32-33-24)31-25(29-22)28-19-12-20-5-3-6-21(13-19)34(20)10-4-9-26/h7-8,11,14-15,19-21H,3-6,10,12-13H2,1-2H3,(H3,28,29,30,31,32,33). The number of hydrogen-bond acceptors (Lipinski definition) is 8. The van der Waals surface area contributed by atoms with Gasteiger partial charge in [-0.05, 0) is 51.7 Å². The highest BCUT2D eigenvalue weighted by atomic mass is 15.2. The normalized spacial score (nSPS) is 22.2. The first-order valence-electron chi connectivity index (χ1n) is 12.1. The summed E-state index contributed by atoms with van der Waals surface area (Å²) in [5.41, 5.74) is 3.70. The maximum Gasteiger partial charge on any atom is 0.225 e. The van der Waals surface area contributed by atoms with Crippen LogP contribution in [0.1, 0.15) is 49.9 Å². The number of H-pyrrole nitrogens is 1. The van der Waals surface area contributed by atoms with E-state index in [4.69, 9.17) is 15.2 Å². The Hall–Kier alpha value is -3.51. The van der Waals surface area contributed by atoms with E-state index in [0.29, 0.717) is 36.3 Å². The third kappa shape index (κ3) is 5.02. The van der Waals surface area contributed by atoms with Crippen LogP contribution in [0.2, 0.25) is 0 Å². The number of rotatable bonds is 7. The van der Waals surface area contributed by atoms with Crippen molar-refractivity contribution in [2.75, 3.05) is 17.2 Å². The Labute approximate surface area is 200 Å². The van der Waals surface area contributed by atoms with Gasteiger partial charge in [0, 0.05) is 66.4 Å². The molecule has 3 N–H and O–H groups in total. The Morgan fingerprint density at radius 1 is 1.12 bits per heavy atom. The van der Waals surface area contributed by atoms with E-state index in [0.717, 1.165) is 47.8 Å². The topological polar surface area (TPSA) is 118 Å². The van der Waals surface area contributed by atoms with Gasteiger partial charge < -0.3 is 10.6 Å². The van der Waals surface area contributed by atoms with Gasteiger partial charge in [-0.3, -0.25) is 15.0 Å². The van der Waals surface area contributed by atoms with Gasteiger partial charge in [0.05, 0.1) is 11.8 Å². The van der Waals surface area contributed by atoms with Crippen LogP contribution in [0.4, 0.5) is 17.6 Å². The van der Waals surface area contributed by atoms with E-state index in [1.165, 1.54) is 19.3 Å². The minimum Gasteiger partial charge on any atom is -0.351 e. The van der Waals surface area contributed by atoms with Gasteiger partial charge in [-0.15, -0.1) is 0 Å². The average Bonchev–Trinajstić information content (AvgIpc) is 3.22. The second kappa shape index (κ2) is 9.77. The number of piperidine rings is 2. The fourth-order valence-electron chi connectivity index (χ4n) is 5.28. The molecule has 2 aliphatic rings.